The zero-order valence-electron chi connectivity index (χ0n) is 16.8. The fourth-order valence-corrected chi connectivity index (χ4v) is 4.49. The predicted octanol–water partition coefficient (Wildman–Crippen LogP) is 4.67. The van der Waals surface area contributed by atoms with E-state index in [1.165, 1.54) is 23.1 Å². The molecule has 0 saturated heterocycles. The number of halogens is 1. The first kappa shape index (κ1) is 22.3. The first-order valence-corrected chi connectivity index (χ1v) is 11.5. The molecule has 0 bridgehead atoms. The van der Waals surface area contributed by atoms with Gasteiger partial charge in [-0.15, -0.1) is 21.5 Å². The van der Waals surface area contributed by atoms with Gasteiger partial charge in [0.15, 0.2) is 11.0 Å². The highest BCUT2D eigenvalue weighted by molar-refractivity contribution is 7.99. The number of nitrogens with one attached hydrogen (secondary N) is 1. The zero-order valence-corrected chi connectivity index (χ0v) is 19.2. The van der Waals surface area contributed by atoms with Gasteiger partial charge in [-0.25, -0.2) is 4.79 Å². The lowest BCUT2D eigenvalue weighted by molar-refractivity contribution is -0.113. The van der Waals surface area contributed by atoms with Gasteiger partial charge in [0.25, 0.3) is 0 Å². The highest BCUT2D eigenvalue weighted by Crippen LogP contribution is 2.30. The number of anilines is 1. The maximum absolute atomic E-state index is 12.5. The van der Waals surface area contributed by atoms with E-state index in [2.05, 4.69) is 15.5 Å². The van der Waals surface area contributed by atoms with Crippen LogP contribution in [0.5, 0.6) is 0 Å². The number of ether oxygens (including phenoxy) is 1. The Kier molecular flexibility index (Phi) is 7.52. The van der Waals surface area contributed by atoms with Gasteiger partial charge in [0.2, 0.25) is 5.91 Å². The summed E-state index contributed by atoms with van der Waals surface area (Å²) in [5.74, 6) is 0.155. The van der Waals surface area contributed by atoms with Crippen LogP contribution in [0.3, 0.4) is 0 Å². The third kappa shape index (κ3) is 5.21. The van der Waals surface area contributed by atoms with E-state index in [0.717, 1.165) is 16.9 Å². The summed E-state index contributed by atoms with van der Waals surface area (Å²) in [7, 11) is 1.84. The molecule has 0 radical (unpaired) electrons. The van der Waals surface area contributed by atoms with E-state index in [1.807, 2.05) is 30.7 Å². The Bertz CT molecular complexity index is 1050. The van der Waals surface area contributed by atoms with Crippen molar-refractivity contribution >= 4 is 51.6 Å². The molecular weight excluding hydrogens is 444 g/mol. The molecule has 0 aliphatic rings. The molecule has 0 aliphatic heterocycles. The molecule has 1 amide bonds. The number of thioether (sulfide) groups is 1. The van der Waals surface area contributed by atoms with Crippen LogP contribution in [-0.2, 0) is 23.0 Å². The summed E-state index contributed by atoms with van der Waals surface area (Å²) in [6.07, 6.45) is 0.772. The quantitative estimate of drug-likeness (QED) is 0.385. The minimum Gasteiger partial charge on any atom is -0.462 e. The summed E-state index contributed by atoms with van der Waals surface area (Å²) in [5, 5.41) is 13.0. The number of benzene rings is 1. The van der Waals surface area contributed by atoms with Crippen LogP contribution in [0.25, 0.3) is 11.4 Å². The lowest BCUT2D eigenvalue weighted by Gasteiger charge is -2.06. The van der Waals surface area contributed by atoms with Gasteiger partial charge in [-0.3, -0.25) is 4.79 Å². The lowest BCUT2D eigenvalue weighted by atomic mass is 10.2. The lowest BCUT2D eigenvalue weighted by Crippen LogP contribution is -2.16. The smallest absolute Gasteiger partial charge is 0.341 e. The van der Waals surface area contributed by atoms with Crippen LogP contribution in [-0.4, -0.2) is 39.0 Å². The number of rotatable bonds is 8. The second kappa shape index (κ2) is 10.1. The minimum atomic E-state index is -0.433. The number of hydrogen-bond donors (Lipinski definition) is 1. The Balaban J connectivity index is 1.66. The van der Waals surface area contributed by atoms with Gasteiger partial charge in [0.1, 0.15) is 5.00 Å². The van der Waals surface area contributed by atoms with Crippen molar-refractivity contribution in [2.75, 3.05) is 17.7 Å². The first-order valence-electron chi connectivity index (χ1n) is 9.30. The summed E-state index contributed by atoms with van der Waals surface area (Å²) in [6.45, 7) is 4.02. The number of carbonyl (C=O) groups is 2. The second-order valence-corrected chi connectivity index (χ2v) is 8.75. The molecule has 0 spiro atoms. The fraction of sp³-hybridized carbons (Fsp3) is 0.300. The van der Waals surface area contributed by atoms with Gasteiger partial charge in [-0.1, -0.05) is 30.3 Å². The molecule has 10 heteroatoms. The van der Waals surface area contributed by atoms with Crippen LogP contribution >= 0.6 is 34.7 Å². The zero-order chi connectivity index (χ0) is 21.7. The molecule has 0 aliphatic carbocycles. The SMILES string of the molecule is CCOC(=O)c1cc(CC)sc1NC(=O)CSc1nnc(-c2ccc(Cl)cc2)n1C. The van der Waals surface area contributed by atoms with Crippen LogP contribution in [0.2, 0.25) is 5.02 Å². The summed E-state index contributed by atoms with van der Waals surface area (Å²) in [5.41, 5.74) is 1.27. The molecule has 3 rings (SSSR count). The van der Waals surface area contributed by atoms with E-state index in [-0.39, 0.29) is 18.3 Å². The third-order valence-electron chi connectivity index (χ3n) is 4.15. The van der Waals surface area contributed by atoms with Crippen molar-refractivity contribution in [1.82, 2.24) is 14.8 Å². The molecule has 7 nitrogen and oxygen atoms in total. The van der Waals surface area contributed by atoms with E-state index in [4.69, 9.17) is 16.3 Å². The molecular formula is C20H21ClN4O3S2. The molecule has 2 heterocycles. The fourth-order valence-electron chi connectivity index (χ4n) is 2.65. The van der Waals surface area contributed by atoms with Crippen molar-refractivity contribution in [1.29, 1.82) is 0 Å². The van der Waals surface area contributed by atoms with E-state index in [0.29, 0.717) is 26.6 Å². The summed E-state index contributed by atoms with van der Waals surface area (Å²) < 4.78 is 6.91. The molecule has 3 aromatic rings. The van der Waals surface area contributed by atoms with Crippen molar-refractivity contribution in [2.45, 2.75) is 25.4 Å². The number of thiophene rings is 1. The summed E-state index contributed by atoms with van der Waals surface area (Å²) in [6, 6.07) is 9.09. The Hall–Kier alpha value is -2.36. The van der Waals surface area contributed by atoms with Gasteiger partial charge in [0, 0.05) is 22.5 Å². The van der Waals surface area contributed by atoms with Crippen molar-refractivity contribution in [3.63, 3.8) is 0 Å². The second-order valence-electron chi connectivity index (χ2n) is 6.24. The van der Waals surface area contributed by atoms with Crippen LogP contribution in [0.4, 0.5) is 5.00 Å². The Morgan fingerprint density at radius 2 is 1.97 bits per heavy atom. The van der Waals surface area contributed by atoms with Gasteiger partial charge in [-0.05, 0) is 43.7 Å². The van der Waals surface area contributed by atoms with E-state index >= 15 is 0 Å². The Morgan fingerprint density at radius 1 is 1.23 bits per heavy atom. The van der Waals surface area contributed by atoms with Crippen LogP contribution < -0.4 is 5.32 Å². The summed E-state index contributed by atoms with van der Waals surface area (Å²) >= 11 is 8.59. The number of esters is 1. The van der Waals surface area contributed by atoms with Gasteiger partial charge < -0.3 is 14.6 Å². The van der Waals surface area contributed by atoms with Crippen molar-refractivity contribution in [3.8, 4) is 11.4 Å². The first-order chi connectivity index (χ1) is 14.4. The minimum absolute atomic E-state index is 0.133. The largest absolute Gasteiger partial charge is 0.462 e. The van der Waals surface area contributed by atoms with Gasteiger partial charge >= 0.3 is 5.97 Å². The average Bonchev–Trinajstić information content (AvgIpc) is 3.30. The van der Waals surface area contributed by atoms with Crippen molar-refractivity contribution in [3.05, 3.63) is 45.8 Å². The summed E-state index contributed by atoms with van der Waals surface area (Å²) in [4.78, 5) is 25.7. The monoisotopic (exact) mass is 464 g/mol. The number of aromatic nitrogens is 3. The molecule has 0 atom stereocenters. The molecule has 2 aromatic heterocycles. The van der Waals surface area contributed by atoms with Gasteiger partial charge in [0.05, 0.1) is 17.9 Å². The number of amides is 1. The molecule has 1 N–H and O–H groups in total. The number of hydrogen-bond acceptors (Lipinski definition) is 7. The third-order valence-corrected chi connectivity index (χ3v) is 6.62. The van der Waals surface area contributed by atoms with Crippen LogP contribution in [0.15, 0.2) is 35.5 Å². The molecule has 1 aromatic carbocycles. The Morgan fingerprint density at radius 3 is 2.63 bits per heavy atom. The van der Waals surface area contributed by atoms with E-state index in [9.17, 15) is 9.59 Å². The number of aryl methyl sites for hydroxylation is 1. The Labute approximate surface area is 187 Å². The van der Waals surface area contributed by atoms with E-state index < -0.39 is 5.97 Å². The highest BCUT2D eigenvalue weighted by Gasteiger charge is 2.19. The van der Waals surface area contributed by atoms with E-state index in [1.54, 1.807) is 25.1 Å². The molecule has 0 saturated carbocycles. The molecule has 158 valence electrons. The number of carbonyl (C=O) groups excluding carboxylic acids is 2. The van der Waals surface area contributed by atoms with Gasteiger partial charge in [-0.2, -0.15) is 0 Å². The van der Waals surface area contributed by atoms with Crippen LogP contribution in [0.1, 0.15) is 29.1 Å². The average molecular weight is 465 g/mol. The molecule has 30 heavy (non-hydrogen) atoms. The molecule has 0 unspecified atom stereocenters. The normalized spacial score (nSPS) is 10.8. The molecule has 0 fully saturated rings. The topological polar surface area (TPSA) is 86.1 Å². The maximum atomic E-state index is 12.5. The maximum Gasteiger partial charge on any atom is 0.341 e. The standard InChI is InChI=1S/C20H21ClN4O3S2/c1-4-14-10-15(19(27)28-5-2)18(30-14)22-16(26)11-29-20-24-23-17(25(20)3)12-6-8-13(21)9-7-12/h6-10H,4-5,11H2,1-3H3,(H,22,26). The highest BCUT2D eigenvalue weighted by atomic mass is 35.5. The van der Waals surface area contributed by atoms with Crippen molar-refractivity contribution in [2.24, 2.45) is 7.05 Å². The predicted molar refractivity (Wildman–Crippen MR) is 120 cm³/mol. The van der Waals surface area contributed by atoms with Crippen LogP contribution in [0, 0.1) is 0 Å². The number of nitrogens with zero attached hydrogens (tertiary/aromatic N) is 3. The van der Waals surface area contributed by atoms with Crippen molar-refractivity contribution < 1.29 is 14.3 Å².